The summed E-state index contributed by atoms with van der Waals surface area (Å²) in [5, 5.41) is 2.95. The van der Waals surface area contributed by atoms with E-state index in [2.05, 4.69) is 19.2 Å². The highest BCUT2D eigenvalue weighted by Crippen LogP contribution is 2.38. The fourth-order valence-electron chi connectivity index (χ4n) is 3.95. The second-order valence-corrected chi connectivity index (χ2v) is 7.34. The van der Waals surface area contributed by atoms with Crippen LogP contribution in [0.5, 0.6) is 0 Å². The van der Waals surface area contributed by atoms with Crippen LogP contribution >= 0.6 is 0 Å². The molecule has 1 aliphatic rings. The van der Waals surface area contributed by atoms with Crippen molar-refractivity contribution in [2.75, 3.05) is 5.32 Å². The molecule has 1 aromatic rings. The van der Waals surface area contributed by atoms with Crippen LogP contribution in [0.3, 0.4) is 0 Å². The minimum Gasteiger partial charge on any atom is -0.326 e. The van der Waals surface area contributed by atoms with Crippen LogP contribution < -0.4 is 5.32 Å². The molecule has 1 unspecified atom stereocenters. The van der Waals surface area contributed by atoms with E-state index < -0.39 is 0 Å². The quantitative estimate of drug-likeness (QED) is 0.675. The Hall–Kier alpha value is -1.64. The third-order valence-electron chi connectivity index (χ3n) is 5.51. The monoisotopic (exact) mass is 329 g/mol. The number of amides is 1. The van der Waals surface area contributed by atoms with Crippen LogP contribution in [0, 0.1) is 17.8 Å². The standard InChI is InChI=1S/C21H31NO2/c1-4-16-12-17(5-2)14-18(13-16)6-11-21(24)22-20-9-7-19(8-10-20)15(3)23/h7-10,16-18H,4-6,11-14H2,1-3H3,(H,22,24)/t16-,17+,18?. The molecule has 0 aliphatic heterocycles. The van der Waals surface area contributed by atoms with Gasteiger partial charge in [0.2, 0.25) is 5.91 Å². The van der Waals surface area contributed by atoms with Crippen LogP contribution in [0.2, 0.25) is 0 Å². The summed E-state index contributed by atoms with van der Waals surface area (Å²) >= 11 is 0. The molecule has 2 rings (SSSR count). The molecule has 0 heterocycles. The van der Waals surface area contributed by atoms with Crippen LogP contribution in [0.4, 0.5) is 5.69 Å². The average molecular weight is 329 g/mol. The van der Waals surface area contributed by atoms with Crippen LogP contribution in [0.25, 0.3) is 0 Å². The van der Waals surface area contributed by atoms with Gasteiger partial charge in [0.25, 0.3) is 0 Å². The Kier molecular flexibility index (Phi) is 7.01. The maximum absolute atomic E-state index is 12.2. The third kappa shape index (κ3) is 5.47. The van der Waals surface area contributed by atoms with Crippen LogP contribution in [0.1, 0.15) is 76.1 Å². The maximum Gasteiger partial charge on any atom is 0.224 e. The Labute approximate surface area is 146 Å². The highest BCUT2D eigenvalue weighted by Gasteiger charge is 2.27. The smallest absolute Gasteiger partial charge is 0.224 e. The first kappa shape index (κ1) is 18.7. The molecule has 3 heteroatoms. The van der Waals surface area contributed by atoms with Gasteiger partial charge < -0.3 is 5.32 Å². The summed E-state index contributed by atoms with van der Waals surface area (Å²) in [6.45, 7) is 6.12. The normalized spacial score (nSPS) is 23.7. The zero-order valence-corrected chi connectivity index (χ0v) is 15.3. The number of benzene rings is 1. The molecule has 3 nitrogen and oxygen atoms in total. The molecule has 0 saturated heterocycles. The molecular weight excluding hydrogens is 298 g/mol. The van der Waals surface area contributed by atoms with Crippen molar-refractivity contribution in [1.82, 2.24) is 0 Å². The molecule has 1 amide bonds. The Morgan fingerprint density at radius 2 is 1.50 bits per heavy atom. The molecule has 1 N–H and O–H groups in total. The number of carbonyl (C=O) groups is 2. The molecule has 1 aliphatic carbocycles. The van der Waals surface area contributed by atoms with E-state index in [-0.39, 0.29) is 11.7 Å². The Morgan fingerprint density at radius 1 is 0.958 bits per heavy atom. The van der Waals surface area contributed by atoms with Crippen molar-refractivity contribution in [2.24, 2.45) is 17.8 Å². The molecule has 1 saturated carbocycles. The number of anilines is 1. The largest absolute Gasteiger partial charge is 0.326 e. The summed E-state index contributed by atoms with van der Waals surface area (Å²) in [6, 6.07) is 7.12. The lowest BCUT2D eigenvalue weighted by molar-refractivity contribution is -0.116. The van der Waals surface area contributed by atoms with Crippen LogP contribution in [-0.2, 0) is 4.79 Å². The van der Waals surface area contributed by atoms with Crippen molar-refractivity contribution in [3.05, 3.63) is 29.8 Å². The van der Waals surface area contributed by atoms with E-state index in [1.54, 1.807) is 31.2 Å². The molecule has 1 fully saturated rings. The van der Waals surface area contributed by atoms with Gasteiger partial charge in [0.05, 0.1) is 0 Å². The second-order valence-electron chi connectivity index (χ2n) is 7.34. The summed E-state index contributed by atoms with van der Waals surface area (Å²) in [6.07, 6.45) is 8.05. The highest BCUT2D eigenvalue weighted by molar-refractivity contribution is 5.95. The zero-order valence-electron chi connectivity index (χ0n) is 15.3. The molecular formula is C21H31NO2. The molecule has 1 aromatic carbocycles. The summed E-state index contributed by atoms with van der Waals surface area (Å²) in [5.41, 5.74) is 1.44. The maximum atomic E-state index is 12.2. The third-order valence-corrected chi connectivity index (χ3v) is 5.51. The molecule has 0 aromatic heterocycles. The molecule has 0 bridgehead atoms. The van der Waals surface area contributed by atoms with Crippen LogP contribution in [-0.4, -0.2) is 11.7 Å². The predicted molar refractivity (Wildman–Crippen MR) is 99.2 cm³/mol. The van der Waals surface area contributed by atoms with Gasteiger partial charge in [-0.3, -0.25) is 9.59 Å². The van der Waals surface area contributed by atoms with Gasteiger partial charge in [0.15, 0.2) is 5.78 Å². The number of hydrogen-bond acceptors (Lipinski definition) is 2. The van der Waals surface area contributed by atoms with E-state index in [1.165, 1.54) is 32.1 Å². The summed E-state index contributed by atoms with van der Waals surface area (Å²) < 4.78 is 0. The highest BCUT2D eigenvalue weighted by atomic mass is 16.1. The Balaban J connectivity index is 1.80. The molecule has 0 spiro atoms. The fourth-order valence-corrected chi connectivity index (χ4v) is 3.95. The van der Waals surface area contributed by atoms with E-state index >= 15 is 0 Å². The van der Waals surface area contributed by atoms with Gasteiger partial charge in [-0.2, -0.15) is 0 Å². The van der Waals surface area contributed by atoms with Gasteiger partial charge in [-0.25, -0.2) is 0 Å². The Bertz CT molecular complexity index is 537. The molecule has 24 heavy (non-hydrogen) atoms. The first-order valence-corrected chi connectivity index (χ1v) is 9.42. The lowest BCUT2D eigenvalue weighted by Gasteiger charge is -2.34. The van der Waals surface area contributed by atoms with Gasteiger partial charge in [-0.15, -0.1) is 0 Å². The first-order chi connectivity index (χ1) is 11.5. The van der Waals surface area contributed by atoms with Crippen molar-refractivity contribution >= 4 is 17.4 Å². The Morgan fingerprint density at radius 3 is 2.00 bits per heavy atom. The minimum atomic E-state index is 0.0427. The van der Waals surface area contributed by atoms with E-state index in [0.29, 0.717) is 17.9 Å². The summed E-state index contributed by atoms with van der Waals surface area (Å²) in [4.78, 5) is 23.5. The topological polar surface area (TPSA) is 46.2 Å². The molecule has 132 valence electrons. The zero-order chi connectivity index (χ0) is 17.5. The minimum absolute atomic E-state index is 0.0427. The average Bonchev–Trinajstić information content (AvgIpc) is 2.60. The summed E-state index contributed by atoms with van der Waals surface area (Å²) in [5.74, 6) is 2.50. The lowest BCUT2D eigenvalue weighted by Crippen LogP contribution is -2.23. The van der Waals surface area contributed by atoms with Crippen molar-refractivity contribution in [3.8, 4) is 0 Å². The second kappa shape index (κ2) is 9.00. The van der Waals surface area contributed by atoms with E-state index in [9.17, 15) is 9.59 Å². The number of hydrogen-bond donors (Lipinski definition) is 1. The van der Waals surface area contributed by atoms with Crippen molar-refractivity contribution in [1.29, 1.82) is 0 Å². The number of ketones is 1. The van der Waals surface area contributed by atoms with Crippen molar-refractivity contribution in [3.63, 3.8) is 0 Å². The van der Waals surface area contributed by atoms with Gasteiger partial charge in [0.1, 0.15) is 0 Å². The van der Waals surface area contributed by atoms with Gasteiger partial charge in [0, 0.05) is 17.7 Å². The summed E-state index contributed by atoms with van der Waals surface area (Å²) in [7, 11) is 0. The van der Waals surface area contributed by atoms with Gasteiger partial charge >= 0.3 is 0 Å². The van der Waals surface area contributed by atoms with E-state index in [0.717, 1.165) is 23.9 Å². The van der Waals surface area contributed by atoms with E-state index in [1.807, 2.05) is 0 Å². The predicted octanol–water partition coefficient (Wildman–Crippen LogP) is 5.46. The van der Waals surface area contributed by atoms with Crippen molar-refractivity contribution in [2.45, 2.75) is 65.7 Å². The van der Waals surface area contributed by atoms with Crippen LogP contribution in [0.15, 0.2) is 24.3 Å². The molecule has 3 atom stereocenters. The van der Waals surface area contributed by atoms with Gasteiger partial charge in [-0.05, 0) is 74.6 Å². The lowest BCUT2D eigenvalue weighted by atomic mass is 9.72. The number of Topliss-reactive ketones (excluding diaryl/α,β-unsaturated/α-hetero) is 1. The number of rotatable bonds is 7. The number of carbonyl (C=O) groups excluding carboxylic acids is 2. The first-order valence-electron chi connectivity index (χ1n) is 9.42. The van der Waals surface area contributed by atoms with E-state index in [4.69, 9.17) is 0 Å². The fraction of sp³-hybridized carbons (Fsp3) is 0.619. The SMILES string of the molecule is CC[C@@H]1CC(CCC(=O)Nc2ccc(C(C)=O)cc2)C[C@H](CC)C1. The van der Waals surface area contributed by atoms with Crippen molar-refractivity contribution < 1.29 is 9.59 Å². The van der Waals surface area contributed by atoms with Gasteiger partial charge in [-0.1, -0.05) is 26.7 Å². The molecule has 0 radical (unpaired) electrons. The number of nitrogens with one attached hydrogen (secondary N) is 1.